The van der Waals surface area contributed by atoms with Crippen molar-refractivity contribution in [3.8, 4) is 0 Å². The van der Waals surface area contributed by atoms with E-state index < -0.39 is 0 Å². The molecule has 0 aromatic heterocycles. The van der Waals surface area contributed by atoms with Crippen LogP contribution in [0, 0.1) is 0 Å². The zero-order chi connectivity index (χ0) is 18.4. The zero-order valence-electron chi connectivity index (χ0n) is 14.8. The first-order valence-corrected chi connectivity index (χ1v) is 9.03. The van der Waals surface area contributed by atoms with Gasteiger partial charge in [0.15, 0.2) is 0 Å². The summed E-state index contributed by atoms with van der Waals surface area (Å²) in [4.78, 5) is 14.3. The summed E-state index contributed by atoms with van der Waals surface area (Å²) < 4.78 is 0. The number of carbonyl (C=O) groups is 1. The predicted octanol–water partition coefficient (Wildman–Crippen LogP) is 1.80. The van der Waals surface area contributed by atoms with Crippen molar-refractivity contribution in [2.45, 2.75) is 25.3 Å². The Morgan fingerprint density at radius 2 is 1.96 bits per heavy atom. The second kappa shape index (κ2) is 8.83. The van der Waals surface area contributed by atoms with Crippen LogP contribution < -0.4 is 11.2 Å². The van der Waals surface area contributed by atoms with Gasteiger partial charge in [-0.2, -0.15) is 0 Å². The second-order valence-corrected chi connectivity index (χ2v) is 6.68. The molecule has 3 rings (SSSR count). The Morgan fingerprint density at radius 3 is 2.69 bits per heavy atom. The van der Waals surface area contributed by atoms with E-state index in [9.17, 15) is 4.79 Å². The summed E-state index contributed by atoms with van der Waals surface area (Å²) in [7, 11) is 1.06. The molecule has 1 saturated heterocycles. The molecule has 3 N–H and O–H groups in total. The Morgan fingerprint density at radius 1 is 1.19 bits per heavy atom. The normalized spacial score (nSPS) is 15.4. The van der Waals surface area contributed by atoms with Gasteiger partial charge in [0.2, 0.25) is 5.91 Å². The van der Waals surface area contributed by atoms with Crippen molar-refractivity contribution in [1.82, 2.24) is 4.90 Å². The number of carbonyl (C=O) groups excluding carboxylic acids is 1. The molecule has 1 fully saturated rings. The number of rotatable bonds is 5. The first-order valence-electron chi connectivity index (χ1n) is 9.03. The summed E-state index contributed by atoms with van der Waals surface area (Å²) in [5.74, 6) is 0.531. The fourth-order valence-electron chi connectivity index (χ4n) is 3.42. The molecule has 0 aliphatic carbocycles. The van der Waals surface area contributed by atoms with Gasteiger partial charge < -0.3 is 15.7 Å². The molecular formula is C21H24BN2O2. The molecule has 2 aromatic rings. The fourth-order valence-corrected chi connectivity index (χ4v) is 3.42. The smallest absolute Gasteiger partial charge is 0.326 e. The maximum atomic E-state index is 12.4. The van der Waals surface area contributed by atoms with Crippen LogP contribution in [0.2, 0.25) is 0 Å². The summed E-state index contributed by atoms with van der Waals surface area (Å²) in [5, 5.41) is 9.06. The SMILES string of the molecule is NCc1cccc(C2CCN(C(=O)/C=C/c3cccc([B]O)c3)CC2)c1. The number of piperidine rings is 1. The minimum atomic E-state index is 0.0394. The van der Waals surface area contributed by atoms with E-state index in [0.717, 1.165) is 50.0 Å². The second-order valence-electron chi connectivity index (χ2n) is 6.68. The van der Waals surface area contributed by atoms with Gasteiger partial charge in [-0.05, 0) is 41.5 Å². The van der Waals surface area contributed by atoms with Crippen LogP contribution in [0.4, 0.5) is 0 Å². The third-order valence-corrected chi connectivity index (χ3v) is 4.94. The topological polar surface area (TPSA) is 66.6 Å². The number of likely N-dealkylation sites (tertiary alicyclic amines) is 1. The molecule has 133 valence electrons. The number of nitrogens with zero attached hydrogens (tertiary/aromatic N) is 1. The van der Waals surface area contributed by atoms with Gasteiger partial charge in [0, 0.05) is 25.7 Å². The fraction of sp³-hybridized carbons (Fsp3) is 0.286. The largest absolute Gasteiger partial charge is 0.450 e. The van der Waals surface area contributed by atoms with Crippen LogP contribution in [0.3, 0.4) is 0 Å². The molecule has 0 unspecified atom stereocenters. The lowest BCUT2D eigenvalue weighted by molar-refractivity contribution is -0.126. The highest BCUT2D eigenvalue weighted by Gasteiger charge is 2.22. The highest BCUT2D eigenvalue weighted by molar-refractivity contribution is 6.45. The van der Waals surface area contributed by atoms with Crippen molar-refractivity contribution in [2.24, 2.45) is 5.73 Å². The first kappa shape index (κ1) is 18.4. The van der Waals surface area contributed by atoms with E-state index >= 15 is 0 Å². The van der Waals surface area contributed by atoms with Gasteiger partial charge in [-0.3, -0.25) is 4.79 Å². The predicted molar refractivity (Wildman–Crippen MR) is 106 cm³/mol. The molecule has 1 heterocycles. The van der Waals surface area contributed by atoms with Crippen LogP contribution in [0.5, 0.6) is 0 Å². The van der Waals surface area contributed by atoms with Crippen molar-refractivity contribution in [3.05, 3.63) is 71.3 Å². The van der Waals surface area contributed by atoms with Crippen molar-refractivity contribution >= 4 is 24.9 Å². The van der Waals surface area contributed by atoms with Gasteiger partial charge >= 0.3 is 7.48 Å². The monoisotopic (exact) mass is 347 g/mol. The number of benzene rings is 2. The molecule has 1 aliphatic heterocycles. The lowest BCUT2D eigenvalue weighted by Crippen LogP contribution is -2.36. The van der Waals surface area contributed by atoms with E-state index in [1.165, 1.54) is 5.56 Å². The first-order chi connectivity index (χ1) is 12.7. The third-order valence-electron chi connectivity index (χ3n) is 4.94. The Bertz CT molecular complexity index is 783. The Hall–Kier alpha value is -2.37. The molecular weight excluding hydrogens is 323 g/mol. The summed E-state index contributed by atoms with van der Waals surface area (Å²) in [6, 6.07) is 15.9. The Labute approximate surface area is 155 Å². The van der Waals surface area contributed by atoms with Crippen LogP contribution in [-0.4, -0.2) is 36.4 Å². The molecule has 0 bridgehead atoms. The molecule has 26 heavy (non-hydrogen) atoms. The molecule has 1 amide bonds. The minimum absolute atomic E-state index is 0.0394. The molecule has 5 heteroatoms. The quantitative estimate of drug-likeness (QED) is 0.640. The highest BCUT2D eigenvalue weighted by atomic mass is 16.2. The van der Waals surface area contributed by atoms with Gasteiger partial charge in [0.1, 0.15) is 0 Å². The summed E-state index contributed by atoms with van der Waals surface area (Å²) in [6.45, 7) is 2.10. The lowest BCUT2D eigenvalue weighted by Gasteiger charge is -2.31. The van der Waals surface area contributed by atoms with Crippen molar-refractivity contribution in [1.29, 1.82) is 0 Å². The number of nitrogens with two attached hydrogens (primary N) is 1. The molecule has 0 saturated carbocycles. The van der Waals surface area contributed by atoms with Crippen molar-refractivity contribution in [2.75, 3.05) is 13.1 Å². The number of hydrogen-bond acceptors (Lipinski definition) is 3. The van der Waals surface area contributed by atoms with Crippen LogP contribution >= 0.6 is 0 Å². The molecule has 1 radical (unpaired) electrons. The molecule has 4 nitrogen and oxygen atoms in total. The van der Waals surface area contributed by atoms with Gasteiger partial charge in [0.05, 0.1) is 0 Å². The maximum absolute atomic E-state index is 12.4. The summed E-state index contributed by atoms with van der Waals surface area (Å²) in [6.07, 6.45) is 5.36. The maximum Gasteiger partial charge on any atom is 0.326 e. The van der Waals surface area contributed by atoms with Crippen LogP contribution in [0.25, 0.3) is 6.08 Å². The van der Waals surface area contributed by atoms with E-state index in [1.807, 2.05) is 29.2 Å². The highest BCUT2D eigenvalue weighted by Crippen LogP contribution is 2.28. The molecule has 0 atom stereocenters. The van der Waals surface area contributed by atoms with Crippen LogP contribution in [0.15, 0.2) is 54.6 Å². The minimum Gasteiger partial charge on any atom is -0.450 e. The summed E-state index contributed by atoms with van der Waals surface area (Å²) >= 11 is 0. The average molecular weight is 347 g/mol. The van der Waals surface area contributed by atoms with Gasteiger partial charge in [-0.15, -0.1) is 0 Å². The average Bonchev–Trinajstić information content (AvgIpc) is 2.72. The van der Waals surface area contributed by atoms with Crippen molar-refractivity contribution < 1.29 is 9.82 Å². The zero-order valence-corrected chi connectivity index (χ0v) is 14.8. The standard InChI is InChI=1S/C21H24BN2O2/c23-15-17-4-1-5-19(13-17)18-9-11-24(12-10-18)21(25)8-7-16-3-2-6-20(14-16)22-26/h1-8,13-14,18,26H,9-12,15,23H2/b8-7+. The Kier molecular flexibility index (Phi) is 6.26. The van der Waals surface area contributed by atoms with E-state index in [-0.39, 0.29) is 5.91 Å². The van der Waals surface area contributed by atoms with Crippen molar-refractivity contribution in [3.63, 3.8) is 0 Å². The van der Waals surface area contributed by atoms with E-state index in [0.29, 0.717) is 12.5 Å². The number of amides is 1. The van der Waals surface area contributed by atoms with E-state index in [1.54, 1.807) is 12.2 Å². The van der Waals surface area contributed by atoms with Crippen LogP contribution in [-0.2, 0) is 11.3 Å². The molecule has 2 aromatic carbocycles. The molecule has 0 spiro atoms. The van der Waals surface area contributed by atoms with Gasteiger partial charge in [-0.25, -0.2) is 0 Å². The van der Waals surface area contributed by atoms with E-state index in [4.69, 9.17) is 10.8 Å². The van der Waals surface area contributed by atoms with Gasteiger partial charge in [0.25, 0.3) is 0 Å². The van der Waals surface area contributed by atoms with Crippen LogP contribution in [0.1, 0.15) is 35.4 Å². The Balaban J connectivity index is 1.57. The number of hydrogen-bond donors (Lipinski definition) is 2. The lowest BCUT2D eigenvalue weighted by atomic mass is 9.87. The molecule has 1 aliphatic rings. The van der Waals surface area contributed by atoms with Gasteiger partial charge in [-0.1, -0.05) is 54.0 Å². The third kappa shape index (κ3) is 4.62. The summed E-state index contributed by atoms with van der Waals surface area (Å²) in [5.41, 5.74) is 9.84. The van der Waals surface area contributed by atoms with E-state index in [2.05, 4.69) is 24.3 Å².